The van der Waals surface area contributed by atoms with Crippen molar-refractivity contribution in [3.63, 3.8) is 0 Å². The minimum atomic E-state index is -0.202. The van der Waals surface area contributed by atoms with E-state index in [-0.39, 0.29) is 37.3 Å². The molecule has 0 bridgehead atoms. The molecule has 2 heterocycles. The lowest BCUT2D eigenvalue weighted by Gasteiger charge is -2.09. The average molecular weight is 475 g/mol. The highest BCUT2D eigenvalue weighted by Crippen LogP contribution is 2.28. The van der Waals surface area contributed by atoms with Crippen molar-refractivity contribution in [2.75, 3.05) is 6.61 Å². The van der Waals surface area contributed by atoms with Gasteiger partial charge in [0.2, 0.25) is 11.7 Å². The Bertz CT molecular complexity index is 1070. The molecule has 0 spiro atoms. The van der Waals surface area contributed by atoms with Gasteiger partial charge in [0, 0.05) is 27.3 Å². The third-order valence-corrected chi connectivity index (χ3v) is 4.90. The van der Waals surface area contributed by atoms with Crippen molar-refractivity contribution in [2.24, 2.45) is 0 Å². The number of carbonyl (C=O) groups is 2. The first-order chi connectivity index (χ1) is 14.3. The number of ketones is 1. The van der Waals surface area contributed by atoms with E-state index in [4.69, 9.17) is 5.11 Å². The molecule has 3 rings (SSSR count). The fourth-order valence-corrected chi connectivity index (χ4v) is 3.56. The van der Waals surface area contributed by atoms with Gasteiger partial charge in [-0.15, -0.1) is 10.2 Å². The molecular formula is C20H23BrN6O3. The smallest absolute Gasteiger partial charge is 0.226 e. The van der Waals surface area contributed by atoms with Gasteiger partial charge in [-0.05, 0) is 43.7 Å². The summed E-state index contributed by atoms with van der Waals surface area (Å²) < 4.78 is 0.787. The molecule has 0 saturated carbocycles. The summed E-state index contributed by atoms with van der Waals surface area (Å²) in [5, 5.41) is 24.1. The molecule has 3 aromatic rings. The Kier molecular flexibility index (Phi) is 6.78. The maximum atomic E-state index is 13.3. The van der Waals surface area contributed by atoms with Crippen molar-refractivity contribution >= 4 is 27.6 Å². The highest BCUT2D eigenvalue weighted by atomic mass is 79.9. The van der Waals surface area contributed by atoms with E-state index in [0.717, 1.165) is 4.47 Å². The van der Waals surface area contributed by atoms with E-state index < -0.39 is 0 Å². The van der Waals surface area contributed by atoms with Crippen LogP contribution in [0, 0.1) is 6.92 Å². The molecule has 1 amide bonds. The van der Waals surface area contributed by atoms with Crippen LogP contribution in [0.15, 0.2) is 28.7 Å². The maximum absolute atomic E-state index is 13.3. The van der Waals surface area contributed by atoms with Gasteiger partial charge in [0.25, 0.3) is 0 Å². The predicted molar refractivity (Wildman–Crippen MR) is 114 cm³/mol. The second-order valence-electron chi connectivity index (χ2n) is 7.15. The Morgan fingerprint density at radius 1 is 1.33 bits per heavy atom. The first-order valence-electron chi connectivity index (χ1n) is 9.50. The fourth-order valence-electron chi connectivity index (χ4n) is 3.16. The van der Waals surface area contributed by atoms with Crippen LogP contribution in [-0.4, -0.2) is 54.6 Å². The summed E-state index contributed by atoms with van der Waals surface area (Å²) in [7, 11) is 0. The highest BCUT2D eigenvalue weighted by molar-refractivity contribution is 9.10. The number of aromatic amines is 1. The summed E-state index contributed by atoms with van der Waals surface area (Å²) in [6.45, 7) is 5.63. The molecule has 10 heteroatoms. The molecule has 0 fully saturated rings. The van der Waals surface area contributed by atoms with Crippen molar-refractivity contribution in [2.45, 2.75) is 39.8 Å². The second kappa shape index (κ2) is 9.31. The zero-order chi connectivity index (χ0) is 21.8. The van der Waals surface area contributed by atoms with Gasteiger partial charge in [0.1, 0.15) is 0 Å². The standard InChI is InChI=1S/C20H23BrN6O3/c1-11(2)22-16(29)10-15-17(19(30)13-5-4-6-14(21)9-13)12(3)18(23-15)20-24-26-27(25-20)7-8-28/h4-6,9,11,23,28H,7-8,10H2,1-3H3,(H,22,29). The van der Waals surface area contributed by atoms with Crippen molar-refractivity contribution in [3.8, 4) is 11.5 Å². The molecule has 0 radical (unpaired) electrons. The van der Waals surface area contributed by atoms with Crippen molar-refractivity contribution < 1.29 is 14.7 Å². The van der Waals surface area contributed by atoms with Gasteiger partial charge in [-0.2, -0.15) is 4.80 Å². The maximum Gasteiger partial charge on any atom is 0.226 e. The molecule has 0 aliphatic carbocycles. The fraction of sp³-hybridized carbons (Fsp3) is 0.350. The Morgan fingerprint density at radius 3 is 2.77 bits per heavy atom. The summed E-state index contributed by atoms with van der Waals surface area (Å²) in [5.41, 5.74) is 2.56. The number of rotatable bonds is 8. The van der Waals surface area contributed by atoms with E-state index in [1.165, 1.54) is 4.80 Å². The molecule has 0 saturated heterocycles. The number of aliphatic hydroxyl groups is 1. The van der Waals surface area contributed by atoms with Crippen LogP contribution < -0.4 is 5.32 Å². The molecule has 158 valence electrons. The lowest BCUT2D eigenvalue weighted by Crippen LogP contribution is -2.31. The zero-order valence-corrected chi connectivity index (χ0v) is 18.5. The van der Waals surface area contributed by atoms with E-state index in [1.807, 2.05) is 19.9 Å². The van der Waals surface area contributed by atoms with Crippen LogP contribution >= 0.6 is 15.9 Å². The quantitative estimate of drug-likeness (QED) is 0.428. The number of aliphatic hydroxyl groups excluding tert-OH is 1. The predicted octanol–water partition coefficient (Wildman–Crippen LogP) is 2.03. The average Bonchev–Trinajstić information content (AvgIpc) is 3.25. The molecule has 0 unspecified atom stereocenters. The lowest BCUT2D eigenvalue weighted by atomic mass is 9.98. The van der Waals surface area contributed by atoms with Crippen molar-refractivity contribution in [1.82, 2.24) is 30.5 Å². The van der Waals surface area contributed by atoms with Crippen LogP contribution in [0.2, 0.25) is 0 Å². The number of nitrogens with zero attached hydrogens (tertiary/aromatic N) is 4. The van der Waals surface area contributed by atoms with Crippen LogP contribution in [0.4, 0.5) is 0 Å². The number of H-pyrrole nitrogens is 1. The molecular weight excluding hydrogens is 452 g/mol. The zero-order valence-electron chi connectivity index (χ0n) is 16.9. The third-order valence-electron chi connectivity index (χ3n) is 4.40. The van der Waals surface area contributed by atoms with E-state index in [1.54, 1.807) is 25.1 Å². The molecule has 30 heavy (non-hydrogen) atoms. The summed E-state index contributed by atoms with van der Waals surface area (Å²) in [6, 6.07) is 7.08. The van der Waals surface area contributed by atoms with Crippen LogP contribution in [-0.2, 0) is 17.8 Å². The summed E-state index contributed by atoms with van der Waals surface area (Å²) in [4.78, 5) is 30.2. The SMILES string of the molecule is Cc1c(-c2nnn(CCO)n2)[nH]c(CC(=O)NC(C)C)c1C(=O)c1cccc(Br)c1. The van der Waals surface area contributed by atoms with Gasteiger partial charge in [-0.25, -0.2) is 0 Å². The highest BCUT2D eigenvalue weighted by Gasteiger charge is 2.25. The van der Waals surface area contributed by atoms with Crippen LogP contribution in [0.5, 0.6) is 0 Å². The lowest BCUT2D eigenvalue weighted by molar-refractivity contribution is -0.120. The Morgan fingerprint density at radius 2 is 2.10 bits per heavy atom. The molecule has 0 aliphatic heterocycles. The molecule has 9 nitrogen and oxygen atoms in total. The van der Waals surface area contributed by atoms with Gasteiger partial charge in [0.05, 0.1) is 25.3 Å². The van der Waals surface area contributed by atoms with Crippen molar-refractivity contribution in [1.29, 1.82) is 0 Å². The van der Waals surface area contributed by atoms with Crippen molar-refractivity contribution in [3.05, 3.63) is 51.1 Å². The molecule has 0 atom stereocenters. The van der Waals surface area contributed by atoms with Crippen LogP contribution in [0.3, 0.4) is 0 Å². The number of amides is 1. The topological polar surface area (TPSA) is 126 Å². The van der Waals surface area contributed by atoms with Gasteiger partial charge in [-0.3, -0.25) is 9.59 Å². The Balaban J connectivity index is 2.06. The number of tetrazole rings is 1. The largest absolute Gasteiger partial charge is 0.394 e. The normalized spacial score (nSPS) is 11.1. The number of benzene rings is 1. The summed E-state index contributed by atoms with van der Waals surface area (Å²) >= 11 is 3.39. The van der Waals surface area contributed by atoms with E-state index in [0.29, 0.717) is 33.9 Å². The minimum absolute atomic E-state index is 0.0128. The minimum Gasteiger partial charge on any atom is -0.394 e. The molecule has 2 aromatic heterocycles. The Labute approximate surface area is 182 Å². The Hall–Kier alpha value is -2.85. The summed E-state index contributed by atoms with van der Waals surface area (Å²) in [5.74, 6) is -0.107. The van der Waals surface area contributed by atoms with E-state index >= 15 is 0 Å². The van der Waals surface area contributed by atoms with E-state index in [9.17, 15) is 9.59 Å². The first-order valence-corrected chi connectivity index (χ1v) is 10.3. The second-order valence-corrected chi connectivity index (χ2v) is 8.07. The number of hydrogen-bond donors (Lipinski definition) is 3. The number of halogens is 1. The van der Waals surface area contributed by atoms with Crippen LogP contribution in [0.25, 0.3) is 11.5 Å². The number of aromatic nitrogens is 5. The number of hydrogen-bond acceptors (Lipinski definition) is 6. The molecule has 3 N–H and O–H groups in total. The van der Waals surface area contributed by atoms with Gasteiger partial charge in [0.15, 0.2) is 5.78 Å². The number of nitrogens with one attached hydrogen (secondary N) is 2. The van der Waals surface area contributed by atoms with Gasteiger partial charge in [-0.1, -0.05) is 28.1 Å². The molecule has 1 aromatic carbocycles. The first kappa shape index (κ1) is 21.8. The third kappa shape index (κ3) is 4.82. The van der Waals surface area contributed by atoms with E-state index in [2.05, 4.69) is 41.6 Å². The number of carbonyl (C=O) groups excluding carboxylic acids is 2. The van der Waals surface area contributed by atoms with Gasteiger partial charge < -0.3 is 15.4 Å². The summed E-state index contributed by atoms with van der Waals surface area (Å²) in [6.07, 6.45) is 0.0128. The van der Waals surface area contributed by atoms with Crippen LogP contribution in [0.1, 0.15) is 41.0 Å². The van der Waals surface area contributed by atoms with Gasteiger partial charge >= 0.3 is 0 Å². The molecule has 0 aliphatic rings. The monoisotopic (exact) mass is 474 g/mol.